The van der Waals surface area contributed by atoms with Gasteiger partial charge in [0.1, 0.15) is 10.6 Å². The van der Waals surface area contributed by atoms with Crippen molar-refractivity contribution >= 4 is 33.2 Å². The summed E-state index contributed by atoms with van der Waals surface area (Å²) >= 11 is 5.59. The zero-order valence-corrected chi connectivity index (χ0v) is 18.1. The van der Waals surface area contributed by atoms with Crippen LogP contribution in [-0.4, -0.2) is 38.8 Å². The number of alkyl halides is 3. The number of ether oxygens (including phenoxy) is 1. The molecule has 0 atom stereocenters. The van der Waals surface area contributed by atoms with Crippen LogP contribution in [-0.2, 0) is 16.2 Å². The fourth-order valence-electron chi connectivity index (χ4n) is 3.29. The quantitative estimate of drug-likeness (QED) is 0.673. The molecular weight excluding hydrogens is 457 g/mol. The molecule has 1 amide bonds. The highest BCUT2D eigenvalue weighted by Crippen LogP contribution is 2.36. The summed E-state index contributed by atoms with van der Waals surface area (Å²) in [5.74, 6) is -0.693. The average Bonchev–Trinajstić information content (AvgIpc) is 2.74. The number of rotatable bonds is 5. The molecule has 0 aliphatic carbocycles. The zero-order valence-electron chi connectivity index (χ0n) is 16.5. The number of nitrogens with zero attached hydrogens (tertiary/aromatic N) is 1. The number of sulfonamides is 1. The number of hydrogen-bond donors (Lipinski definition) is 1. The summed E-state index contributed by atoms with van der Waals surface area (Å²) in [7, 11) is -2.59. The van der Waals surface area contributed by atoms with Crippen molar-refractivity contribution in [2.75, 3.05) is 25.5 Å². The third kappa shape index (κ3) is 5.13. The van der Waals surface area contributed by atoms with E-state index in [2.05, 4.69) is 5.32 Å². The molecule has 1 aliphatic rings. The second kappa shape index (κ2) is 9.05. The van der Waals surface area contributed by atoms with E-state index in [9.17, 15) is 26.4 Å². The molecule has 31 heavy (non-hydrogen) atoms. The molecule has 1 heterocycles. The van der Waals surface area contributed by atoms with Crippen LogP contribution >= 0.6 is 11.6 Å². The van der Waals surface area contributed by atoms with Crippen LogP contribution in [0, 0.1) is 0 Å². The Hall–Kier alpha value is -2.30. The maximum atomic E-state index is 13.1. The minimum Gasteiger partial charge on any atom is -0.495 e. The van der Waals surface area contributed by atoms with Crippen molar-refractivity contribution in [1.29, 1.82) is 0 Å². The number of carbonyl (C=O) groups is 1. The molecule has 1 saturated heterocycles. The summed E-state index contributed by atoms with van der Waals surface area (Å²) in [6, 6.07) is 6.82. The van der Waals surface area contributed by atoms with Crippen molar-refractivity contribution in [3.63, 3.8) is 0 Å². The summed E-state index contributed by atoms with van der Waals surface area (Å²) in [5, 5.41) is 1.85. The Morgan fingerprint density at radius 1 is 1.10 bits per heavy atom. The molecule has 1 N–H and O–H groups in total. The second-order valence-corrected chi connectivity index (χ2v) is 9.29. The Bertz CT molecular complexity index is 1080. The first-order valence-corrected chi connectivity index (χ1v) is 11.2. The molecule has 6 nitrogen and oxygen atoms in total. The van der Waals surface area contributed by atoms with Crippen LogP contribution in [0.25, 0.3) is 0 Å². The second-order valence-electron chi connectivity index (χ2n) is 6.98. The van der Waals surface area contributed by atoms with Gasteiger partial charge < -0.3 is 10.1 Å². The summed E-state index contributed by atoms with van der Waals surface area (Å²) in [6.45, 7) is 0.736. The normalized spacial score (nSPS) is 15.5. The molecule has 168 valence electrons. The number of hydrogen-bond acceptors (Lipinski definition) is 4. The molecular formula is C20H20ClF3N2O4S. The van der Waals surface area contributed by atoms with Gasteiger partial charge in [-0.05, 0) is 49.2 Å². The van der Waals surface area contributed by atoms with Gasteiger partial charge in [0.2, 0.25) is 10.0 Å². The Morgan fingerprint density at radius 3 is 2.39 bits per heavy atom. The van der Waals surface area contributed by atoms with Gasteiger partial charge in [-0.25, -0.2) is 8.42 Å². The summed E-state index contributed by atoms with van der Waals surface area (Å²) in [6.07, 6.45) is -2.28. The molecule has 0 unspecified atom stereocenters. The van der Waals surface area contributed by atoms with Gasteiger partial charge in [-0.2, -0.15) is 17.5 Å². The van der Waals surface area contributed by atoms with Crippen molar-refractivity contribution in [2.24, 2.45) is 0 Å². The van der Waals surface area contributed by atoms with E-state index in [1.54, 1.807) is 0 Å². The van der Waals surface area contributed by atoms with Gasteiger partial charge >= 0.3 is 6.18 Å². The lowest BCUT2D eigenvalue weighted by Crippen LogP contribution is -2.35. The topological polar surface area (TPSA) is 75.7 Å². The lowest BCUT2D eigenvalue weighted by atomic mass is 10.1. The number of carbonyl (C=O) groups excluding carboxylic acids is 1. The Labute approximate surface area is 183 Å². The van der Waals surface area contributed by atoms with Crippen molar-refractivity contribution < 1.29 is 31.1 Å². The van der Waals surface area contributed by atoms with E-state index in [-0.39, 0.29) is 21.9 Å². The third-order valence-electron chi connectivity index (χ3n) is 4.89. The molecule has 2 aromatic rings. The van der Waals surface area contributed by atoms with Crippen molar-refractivity contribution in [3.05, 3.63) is 52.5 Å². The van der Waals surface area contributed by atoms with Gasteiger partial charge in [0.15, 0.2) is 0 Å². The fraction of sp³-hybridized carbons (Fsp3) is 0.350. The maximum absolute atomic E-state index is 13.1. The predicted molar refractivity (Wildman–Crippen MR) is 110 cm³/mol. The summed E-state index contributed by atoms with van der Waals surface area (Å²) in [4.78, 5) is 12.5. The van der Waals surface area contributed by atoms with E-state index >= 15 is 0 Å². The predicted octanol–water partition coefficient (Wildman–Crippen LogP) is 4.79. The van der Waals surface area contributed by atoms with Gasteiger partial charge in [0.25, 0.3) is 5.91 Å². The first kappa shape index (κ1) is 23.4. The number of methoxy groups -OCH3 is 1. The number of piperidine rings is 1. The van der Waals surface area contributed by atoms with Crippen LogP contribution in [0.4, 0.5) is 18.9 Å². The molecule has 1 aliphatic heterocycles. The largest absolute Gasteiger partial charge is 0.495 e. The highest BCUT2D eigenvalue weighted by atomic mass is 35.5. The number of nitrogens with one attached hydrogen (secondary N) is 1. The number of benzene rings is 2. The molecule has 1 fully saturated rings. The smallest absolute Gasteiger partial charge is 0.417 e. The average molecular weight is 477 g/mol. The van der Waals surface area contributed by atoms with E-state index in [0.29, 0.717) is 13.1 Å². The molecule has 0 spiro atoms. The van der Waals surface area contributed by atoms with E-state index in [1.807, 2.05) is 0 Å². The van der Waals surface area contributed by atoms with E-state index in [0.717, 1.165) is 31.4 Å². The van der Waals surface area contributed by atoms with Crippen LogP contribution in [0.1, 0.15) is 35.2 Å². The van der Waals surface area contributed by atoms with Crippen LogP contribution in [0.3, 0.4) is 0 Å². The standard InChI is InChI=1S/C20H20ClF3N2O4S/c1-30-17-8-5-13(11-18(17)31(28,29)26-9-3-2-4-10-26)19(27)25-14-6-7-16(21)15(12-14)20(22,23)24/h5-8,11-12H,2-4,9-10H2,1H3,(H,25,27). The minimum absolute atomic E-state index is 0.0418. The molecule has 11 heteroatoms. The van der Waals surface area contributed by atoms with Crippen LogP contribution in [0.15, 0.2) is 41.3 Å². The monoisotopic (exact) mass is 476 g/mol. The van der Waals surface area contributed by atoms with E-state index in [4.69, 9.17) is 16.3 Å². The van der Waals surface area contributed by atoms with Gasteiger partial charge in [-0.3, -0.25) is 4.79 Å². The summed E-state index contributed by atoms with van der Waals surface area (Å²) in [5.41, 5.74) is -1.26. The Balaban J connectivity index is 1.92. The first-order chi connectivity index (χ1) is 14.5. The lowest BCUT2D eigenvalue weighted by Gasteiger charge is -2.26. The molecule has 0 saturated carbocycles. The molecule has 2 aromatic carbocycles. The third-order valence-corrected chi connectivity index (χ3v) is 7.14. The Kier molecular flexibility index (Phi) is 6.82. The van der Waals surface area contributed by atoms with Gasteiger partial charge in [-0.1, -0.05) is 18.0 Å². The number of halogens is 4. The number of amides is 1. The minimum atomic E-state index is -4.69. The lowest BCUT2D eigenvalue weighted by molar-refractivity contribution is -0.137. The maximum Gasteiger partial charge on any atom is 0.417 e. The van der Waals surface area contributed by atoms with E-state index in [1.165, 1.54) is 35.7 Å². The van der Waals surface area contributed by atoms with E-state index < -0.39 is 32.7 Å². The van der Waals surface area contributed by atoms with Crippen molar-refractivity contribution in [3.8, 4) is 5.75 Å². The van der Waals surface area contributed by atoms with Crippen molar-refractivity contribution in [1.82, 2.24) is 4.31 Å². The molecule has 0 bridgehead atoms. The van der Waals surface area contributed by atoms with Crippen molar-refractivity contribution in [2.45, 2.75) is 30.3 Å². The van der Waals surface area contributed by atoms with Gasteiger partial charge in [0.05, 0.1) is 17.7 Å². The SMILES string of the molecule is COc1ccc(C(=O)Nc2ccc(Cl)c(C(F)(F)F)c2)cc1S(=O)(=O)N1CCCCC1. The van der Waals surface area contributed by atoms with Gasteiger partial charge in [-0.15, -0.1) is 0 Å². The van der Waals surface area contributed by atoms with Crippen LogP contribution < -0.4 is 10.1 Å². The van der Waals surface area contributed by atoms with Crippen LogP contribution in [0.5, 0.6) is 5.75 Å². The molecule has 0 aromatic heterocycles. The fourth-order valence-corrected chi connectivity index (χ4v) is 5.21. The molecule has 0 radical (unpaired) electrons. The zero-order chi connectivity index (χ0) is 22.8. The first-order valence-electron chi connectivity index (χ1n) is 9.40. The highest BCUT2D eigenvalue weighted by molar-refractivity contribution is 7.89. The highest BCUT2D eigenvalue weighted by Gasteiger charge is 2.34. The number of anilines is 1. The van der Waals surface area contributed by atoms with Crippen LogP contribution in [0.2, 0.25) is 5.02 Å². The Morgan fingerprint density at radius 2 is 1.77 bits per heavy atom. The molecule has 3 rings (SSSR count). The summed E-state index contributed by atoms with van der Waals surface area (Å²) < 4.78 is 71.8. The van der Waals surface area contributed by atoms with Gasteiger partial charge in [0, 0.05) is 24.3 Å².